The smallest absolute Gasteiger partial charge is 0.219 e. The van der Waals surface area contributed by atoms with Crippen molar-refractivity contribution in [1.82, 2.24) is 5.32 Å². The zero-order valence-corrected chi connectivity index (χ0v) is 10.9. The van der Waals surface area contributed by atoms with Crippen LogP contribution < -0.4 is 5.32 Å². The van der Waals surface area contributed by atoms with Crippen LogP contribution in [0.5, 0.6) is 0 Å². The van der Waals surface area contributed by atoms with Crippen LogP contribution in [0.1, 0.15) is 18.9 Å². The van der Waals surface area contributed by atoms with Gasteiger partial charge in [0.1, 0.15) is 0 Å². The summed E-state index contributed by atoms with van der Waals surface area (Å²) in [6.07, 6.45) is 2.15. The van der Waals surface area contributed by atoms with Crippen molar-refractivity contribution in [2.75, 3.05) is 12.8 Å². The first-order valence-corrected chi connectivity index (χ1v) is 7.39. The van der Waals surface area contributed by atoms with Crippen molar-refractivity contribution < 1.29 is 13.2 Å². The lowest BCUT2D eigenvalue weighted by atomic mass is 10.1. The molecule has 94 valence electrons. The fourth-order valence-corrected chi connectivity index (χ4v) is 2.51. The highest BCUT2D eigenvalue weighted by atomic mass is 32.2. The molecule has 1 aromatic rings. The molecule has 0 bridgehead atoms. The van der Waals surface area contributed by atoms with E-state index < -0.39 is 9.84 Å². The molecular formula is C12H17NO3S. The zero-order chi connectivity index (χ0) is 12.9. The molecule has 0 heterocycles. The van der Waals surface area contributed by atoms with Gasteiger partial charge in [0.2, 0.25) is 5.91 Å². The molecule has 5 heteroatoms. The minimum absolute atomic E-state index is 0.0261. The van der Waals surface area contributed by atoms with Crippen molar-refractivity contribution in [3.05, 3.63) is 29.8 Å². The number of carbonyl (C=O) groups excluding carboxylic acids is 1. The Morgan fingerprint density at radius 1 is 1.29 bits per heavy atom. The molecule has 0 aliphatic rings. The van der Waals surface area contributed by atoms with E-state index in [9.17, 15) is 13.2 Å². The largest absolute Gasteiger partial charge is 0.356 e. The van der Waals surface area contributed by atoms with Crippen molar-refractivity contribution in [2.24, 2.45) is 0 Å². The van der Waals surface area contributed by atoms with Gasteiger partial charge >= 0.3 is 0 Å². The third kappa shape index (κ3) is 4.19. The van der Waals surface area contributed by atoms with Crippen LogP contribution in [0.2, 0.25) is 0 Å². The first-order chi connectivity index (χ1) is 7.95. The van der Waals surface area contributed by atoms with Crippen LogP contribution in [-0.4, -0.2) is 27.1 Å². The van der Waals surface area contributed by atoms with E-state index in [0.29, 0.717) is 24.3 Å². The van der Waals surface area contributed by atoms with Crippen LogP contribution in [-0.2, 0) is 21.1 Å². The number of amides is 1. The van der Waals surface area contributed by atoms with Crippen molar-refractivity contribution in [1.29, 1.82) is 0 Å². The monoisotopic (exact) mass is 255 g/mol. The first-order valence-electron chi connectivity index (χ1n) is 5.49. The summed E-state index contributed by atoms with van der Waals surface area (Å²) in [6, 6.07) is 6.86. The fraction of sp³-hybridized carbons (Fsp3) is 0.417. The first kappa shape index (κ1) is 13.7. The third-order valence-electron chi connectivity index (χ3n) is 2.41. The van der Waals surface area contributed by atoms with E-state index in [1.165, 1.54) is 6.26 Å². The average molecular weight is 255 g/mol. The second kappa shape index (κ2) is 5.82. The molecule has 1 aromatic carbocycles. The van der Waals surface area contributed by atoms with E-state index in [-0.39, 0.29) is 5.91 Å². The van der Waals surface area contributed by atoms with E-state index in [1.807, 2.05) is 0 Å². The summed E-state index contributed by atoms with van der Waals surface area (Å²) in [5, 5.41) is 2.73. The standard InChI is InChI=1S/C12H17NO3S/c1-3-12(14)13-9-8-10-6-4-5-7-11(10)17(2,15)16/h4-7H,3,8-9H2,1-2H3,(H,13,14). The Morgan fingerprint density at radius 3 is 2.53 bits per heavy atom. The Bertz CT molecular complexity index is 494. The second-order valence-corrected chi connectivity index (χ2v) is 5.82. The van der Waals surface area contributed by atoms with Gasteiger partial charge in [-0.2, -0.15) is 0 Å². The summed E-state index contributed by atoms with van der Waals surface area (Å²) >= 11 is 0. The summed E-state index contributed by atoms with van der Waals surface area (Å²) in [5.74, 6) is -0.0261. The minimum atomic E-state index is -3.20. The Morgan fingerprint density at radius 2 is 1.94 bits per heavy atom. The molecule has 0 fully saturated rings. The highest BCUT2D eigenvalue weighted by Crippen LogP contribution is 2.15. The molecule has 0 aliphatic carbocycles. The van der Waals surface area contributed by atoms with Crippen LogP contribution in [0.4, 0.5) is 0 Å². The normalized spacial score (nSPS) is 11.2. The van der Waals surface area contributed by atoms with Gasteiger partial charge in [0.05, 0.1) is 4.90 Å². The quantitative estimate of drug-likeness (QED) is 0.858. The van der Waals surface area contributed by atoms with Gasteiger partial charge < -0.3 is 5.32 Å². The molecular weight excluding hydrogens is 238 g/mol. The highest BCUT2D eigenvalue weighted by molar-refractivity contribution is 7.90. The van der Waals surface area contributed by atoms with Gasteiger partial charge in [-0.1, -0.05) is 25.1 Å². The molecule has 0 aliphatic heterocycles. The minimum Gasteiger partial charge on any atom is -0.356 e. The summed E-state index contributed by atoms with van der Waals surface area (Å²) < 4.78 is 23.0. The van der Waals surface area contributed by atoms with E-state index in [0.717, 1.165) is 5.56 Å². The maximum absolute atomic E-state index is 11.5. The Kier molecular flexibility index (Phi) is 4.69. The second-order valence-electron chi connectivity index (χ2n) is 3.83. The van der Waals surface area contributed by atoms with E-state index in [2.05, 4.69) is 5.32 Å². The predicted octanol–water partition coefficient (Wildman–Crippen LogP) is 1.16. The van der Waals surface area contributed by atoms with E-state index >= 15 is 0 Å². The lowest BCUT2D eigenvalue weighted by Gasteiger charge is -2.08. The Labute approximate surface area is 102 Å². The van der Waals surface area contributed by atoms with Crippen molar-refractivity contribution >= 4 is 15.7 Å². The van der Waals surface area contributed by atoms with Gasteiger partial charge in [-0.05, 0) is 18.1 Å². The van der Waals surface area contributed by atoms with Gasteiger partial charge in [-0.25, -0.2) is 8.42 Å². The average Bonchev–Trinajstić information content (AvgIpc) is 2.28. The molecule has 0 saturated carbocycles. The van der Waals surface area contributed by atoms with Crippen LogP contribution in [0.25, 0.3) is 0 Å². The number of hydrogen-bond donors (Lipinski definition) is 1. The van der Waals surface area contributed by atoms with E-state index in [1.54, 1.807) is 31.2 Å². The molecule has 0 unspecified atom stereocenters. The summed E-state index contributed by atoms with van der Waals surface area (Å²) in [6.45, 7) is 2.24. The molecule has 0 spiro atoms. The molecule has 4 nitrogen and oxygen atoms in total. The lowest BCUT2D eigenvalue weighted by Crippen LogP contribution is -2.24. The van der Waals surface area contributed by atoms with Gasteiger partial charge in [0.15, 0.2) is 9.84 Å². The number of rotatable bonds is 5. The van der Waals surface area contributed by atoms with Crippen LogP contribution >= 0.6 is 0 Å². The maximum Gasteiger partial charge on any atom is 0.219 e. The highest BCUT2D eigenvalue weighted by Gasteiger charge is 2.11. The summed E-state index contributed by atoms with van der Waals surface area (Å²) in [5.41, 5.74) is 0.742. The number of nitrogens with one attached hydrogen (secondary N) is 1. The van der Waals surface area contributed by atoms with Crippen molar-refractivity contribution in [2.45, 2.75) is 24.7 Å². The third-order valence-corrected chi connectivity index (χ3v) is 3.61. The lowest BCUT2D eigenvalue weighted by molar-refractivity contribution is -0.120. The topological polar surface area (TPSA) is 63.2 Å². The number of benzene rings is 1. The number of carbonyl (C=O) groups is 1. The van der Waals surface area contributed by atoms with Crippen LogP contribution in [0.15, 0.2) is 29.2 Å². The molecule has 0 saturated heterocycles. The molecule has 1 N–H and O–H groups in total. The van der Waals surface area contributed by atoms with Gasteiger partial charge in [-0.15, -0.1) is 0 Å². The SMILES string of the molecule is CCC(=O)NCCc1ccccc1S(C)(=O)=O. The van der Waals surface area contributed by atoms with Crippen LogP contribution in [0.3, 0.4) is 0 Å². The van der Waals surface area contributed by atoms with E-state index in [4.69, 9.17) is 0 Å². The molecule has 0 aromatic heterocycles. The van der Waals surface area contributed by atoms with Gasteiger partial charge in [0, 0.05) is 19.2 Å². The molecule has 0 radical (unpaired) electrons. The molecule has 1 rings (SSSR count). The fourth-order valence-electron chi connectivity index (χ4n) is 1.53. The molecule has 1 amide bonds. The van der Waals surface area contributed by atoms with Crippen molar-refractivity contribution in [3.63, 3.8) is 0 Å². The Hall–Kier alpha value is -1.36. The van der Waals surface area contributed by atoms with Crippen LogP contribution in [0, 0.1) is 0 Å². The summed E-state index contributed by atoms with van der Waals surface area (Å²) in [4.78, 5) is 11.4. The zero-order valence-electron chi connectivity index (χ0n) is 10.1. The number of hydrogen-bond acceptors (Lipinski definition) is 3. The predicted molar refractivity (Wildman–Crippen MR) is 66.6 cm³/mol. The molecule has 17 heavy (non-hydrogen) atoms. The molecule has 0 atom stereocenters. The number of sulfone groups is 1. The van der Waals surface area contributed by atoms with Crippen molar-refractivity contribution in [3.8, 4) is 0 Å². The van der Waals surface area contributed by atoms with Gasteiger partial charge in [0.25, 0.3) is 0 Å². The maximum atomic E-state index is 11.5. The summed E-state index contributed by atoms with van der Waals surface area (Å²) in [7, 11) is -3.20. The Balaban J connectivity index is 2.75. The van der Waals surface area contributed by atoms with Gasteiger partial charge in [-0.3, -0.25) is 4.79 Å².